The first-order valence-corrected chi connectivity index (χ1v) is 10.6. The van der Waals surface area contributed by atoms with Crippen LogP contribution in [0.3, 0.4) is 0 Å². The summed E-state index contributed by atoms with van der Waals surface area (Å²) >= 11 is 0. The minimum Gasteiger partial charge on any atom is -0.493 e. The number of halogens is 1. The highest BCUT2D eigenvalue weighted by molar-refractivity contribution is 5.88. The molecule has 0 N–H and O–H groups in total. The van der Waals surface area contributed by atoms with Crippen LogP contribution in [-0.4, -0.2) is 35.5 Å². The Labute approximate surface area is 196 Å². The van der Waals surface area contributed by atoms with Crippen molar-refractivity contribution in [3.8, 4) is 34.3 Å². The summed E-state index contributed by atoms with van der Waals surface area (Å²) in [6, 6.07) is 13.0. The van der Waals surface area contributed by atoms with Crippen LogP contribution in [0, 0.1) is 5.82 Å². The average molecular weight is 464 g/mol. The standard InChI is InChI=1S/C26H25FN2O5/c1-26(2,3)34-25(30)29-12-6-7-20(29)16-8-9-22(18(27)13-16)33-21-10-11-28-19-15-24(32-5)23(31-4)14-17(19)21/h6-15H,1-5H3. The Morgan fingerprint density at radius 3 is 2.35 bits per heavy atom. The third kappa shape index (κ3) is 4.66. The van der Waals surface area contributed by atoms with Crippen molar-refractivity contribution >= 4 is 17.0 Å². The molecule has 0 atom stereocenters. The van der Waals surface area contributed by atoms with E-state index >= 15 is 4.39 Å². The predicted octanol–water partition coefficient (Wildman–Crippen LogP) is 6.44. The molecule has 2 aromatic heterocycles. The van der Waals surface area contributed by atoms with E-state index in [1.165, 1.54) is 23.8 Å². The summed E-state index contributed by atoms with van der Waals surface area (Å²) in [7, 11) is 3.08. The lowest BCUT2D eigenvalue weighted by atomic mass is 10.1. The second kappa shape index (κ2) is 9.05. The number of benzene rings is 2. The highest BCUT2D eigenvalue weighted by atomic mass is 19.1. The average Bonchev–Trinajstić information content (AvgIpc) is 3.29. The lowest BCUT2D eigenvalue weighted by Crippen LogP contribution is -2.27. The maximum absolute atomic E-state index is 15.1. The molecule has 0 saturated carbocycles. The van der Waals surface area contributed by atoms with Gasteiger partial charge in [0.1, 0.15) is 11.4 Å². The SMILES string of the molecule is COc1cc2nccc(Oc3ccc(-c4cccn4C(=O)OC(C)(C)C)cc3F)c2cc1OC. The van der Waals surface area contributed by atoms with Crippen LogP contribution in [0.2, 0.25) is 0 Å². The van der Waals surface area contributed by atoms with E-state index in [2.05, 4.69) is 4.98 Å². The van der Waals surface area contributed by atoms with Gasteiger partial charge in [-0.3, -0.25) is 9.55 Å². The van der Waals surface area contributed by atoms with E-state index in [-0.39, 0.29) is 5.75 Å². The number of ether oxygens (including phenoxy) is 4. The molecule has 7 nitrogen and oxygen atoms in total. The summed E-state index contributed by atoms with van der Waals surface area (Å²) in [4.78, 5) is 16.9. The molecule has 0 unspecified atom stereocenters. The van der Waals surface area contributed by atoms with Crippen molar-refractivity contribution in [1.82, 2.24) is 9.55 Å². The van der Waals surface area contributed by atoms with Crippen LogP contribution in [0.1, 0.15) is 20.8 Å². The summed E-state index contributed by atoms with van der Waals surface area (Å²) < 4.78 is 38.5. The quantitative estimate of drug-likeness (QED) is 0.339. The normalized spacial score (nSPS) is 11.4. The van der Waals surface area contributed by atoms with Crippen molar-refractivity contribution in [2.24, 2.45) is 0 Å². The Hall–Kier alpha value is -4.07. The molecular weight excluding hydrogens is 439 g/mol. The second-order valence-electron chi connectivity index (χ2n) is 8.52. The van der Waals surface area contributed by atoms with Gasteiger partial charge in [0.15, 0.2) is 23.1 Å². The summed E-state index contributed by atoms with van der Waals surface area (Å²) in [6.07, 6.45) is 2.61. The molecule has 0 bridgehead atoms. The van der Waals surface area contributed by atoms with Crippen LogP contribution in [0.25, 0.3) is 22.2 Å². The lowest BCUT2D eigenvalue weighted by molar-refractivity contribution is 0.0540. The van der Waals surface area contributed by atoms with Crippen LogP contribution >= 0.6 is 0 Å². The topological polar surface area (TPSA) is 71.8 Å². The van der Waals surface area contributed by atoms with Gasteiger partial charge in [0, 0.05) is 29.4 Å². The van der Waals surface area contributed by atoms with Gasteiger partial charge in [-0.2, -0.15) is 0 Å². The molecule has 8 heteroatoms. The number of nitrogens with zero attached hydrogens (tertiary/aromatic N) is 2. The van der Waals surface area contributed by atoms with Crippen molar-refractivity contribution in [3.05, 3.63) is 66.7 Å². The number of methoxy groups -OCH3 is 2. The summed E-state index contributed by atoms with van der Waals surface area (Å²) in [5.41, 5.74) is 0.974. The van der Waals surface area contributed by atoms with Gasteiger partial charge in [0.2, 0.25) is 0 Å². The smallest absolute Gasteiger partial charge is 0.418 e. The molecular formula is C26H25FN2O5. The Morgan fingerprint density at radius 2 is 1.68 bits per heavy atom. The number of fused-ring (bicyclic) bond motifs is 1. The van der Waals surface area contributed by atoms with Gasteiger partial charge >= 0.3 is 6.09 Å². The number of hydrogen-bond acceptors (Lipinski definition) is 6. The maximum atomic E-state index is 15.1. The first kappa shape index (κ1) is 23.1. The minimum absolute atomic E-state index is 0.0291. The first-order valence-electron chi connectivity index (χ1n) is 10.6. The molecule has 0 aliphatic rings. The highest BCUT2D eigenvalue weighted by Crippen LogP contribution is 2.38. The number of aromatic nitrogens is 2. The molecule has 2 aromatic carbocycles. The Kier molecular flexibility index (Phi) is 6.15. The number of rotatable bonds is 5. The van der Waals surface area contributed by atoms with Crippen molar-refractivity contribution in [2.75, 3.05) is 14.2 Å². The fourth-order valence-electron chi connectivity index (χ4n) is 3.48. The van der Waals surface area contributed by atoms with Gasteiger partial charge in [-0.25, -0.2) is 9.18 Å². The molecule has 0 aliphatic carbocycles. The number of carbonyl (C=O) groups excluding carboxylic acids is 1. The van der Waals surface area contributed by atoms with Crippen molar-refractivity contribution in [3.63, 3.8) is 0 Å². The molecule has 2 heterocycles. The van der Waals surface area contributed by atoms with E-state index in [1.807, 2.05) is 0 Å². The van der Waals surface area contributed by atoms with Gasteiger partial charge in [-0.1, -0.05) is 0 Å². The van der Waals surface area contributed by atoms with Crippen LogP contribution in [0.5, 0.6) is 23.0 Å². The van der Waals surface area contributed by atoms with Crippen molar-refractivity contribution in [2.45, 2.75) is 26.4 Å². The molecule has 34 heavy (non-hydrogen) atoms. The van der Waals surface area contributed by atoms with Gasteiger partial charge in [-0.15, -0.1) is 0 Å². The number of carbonyl (C=O) groups is 1. The van der Waals surface area contributed by atoms with Crippen molar-refractivity contribution in [1.29, 1.82) is 0 Å². The van der Waals surface area contributed by atoms with Gasteiger partial charge in [-0.05, 0) is 63.2 Å². The molecule has 4 rings (SSSR count). The van der Waals surface area contributed by atoms with E-state index in [9.17, 15) is 4.79 Å². The third-order valence-electron chi connectivity index (χ3n) is 4.99. The Bertz CT molecular complexity index is 1360. The summed E-state index contributed by atoms with van der Waals surface area (Å²) in [5.74, 6) is 0.894. The predicted molar refractivity (Wildman–Crippen MR) is 126 cm³/mol. The maximum Gasteiger partial charge on any atom is 0.418 e. The van der Waals surface area contributed by atoms with Crippen molar-refractivity contribution < 1.29 is 28.1 Å². The third-order valence-corrected chi connectivity index (χ3v) is 4.99. The zero-order valence-electron chi connectivity index (χ0n) is 19.6. The monoisotopic (exact) mass is 464 g/mol. The van der Waals surface area contributed by atoms with E-state index in [0.717, 1.165) is 0 Å². The van der Waals surface area contributed by atoms with Crippen LogP contribution in [0.4, 0.5) is 9.18 Å². The van der Waals surface area contributed by atoms with E-state index in [0.29, 0.717) is 39.4 Å². The summed E-state index contributed by atoms with van der Waals surface area (Å²) in [6.45, 7) is 5.36. The van der Waals surface area contributed by atoms with Crippen LogP contribution in [-0.2, 0) is 4.74 Å². The van der Waals surface area contributed by atoms with Gasteiger partial charge in [0.25, 0.3) is 0 Å². The Balaban J connectivity index is 1.66. The minimum atomic E-state index is -0.651. The lowest BCUT2D eigenvalue weighted by Gasteiger charge is -2.20. The molecule has 0 fully saturated rings. The van der Waals surface area contributed by atoms with Gasteiger partial charge in [0.05, 0.1) is 25.4 Å². The molecule has 0 spiro atoms. The van der Waals surface area contributed by atoms with Crippen LogP contribution in [0.15, 0.2) is 60.9 Å². The van der Waals surface area contributed by atoms with E-state index in [1.54, 1.807) is 76.7 Å². The number of pyridine rings is 1. The first-order chi connectivity index (χ1) is 16.2. The largest absolute Gasteiger partial charge is 0.493 e. The summed E-state index contributed by atoms with van der Waals surface area (Å²) in [5, 5.41) is 0.641. The zero-order valence-corrected chi connectivity index (χ0v) is 19.6. The fraction of sp³-hybridized carbons (Fsp3) is 0.231. The van der Waals surface area contributed by atoms with E-state index in [4.69, 9.17) is 18.9 Å². The molecule has 0 radical (unpaired) electrons. The zero-order chi connectivity index (χ0) is 24.5. The second-order valence-corrected chi connectivity index (χ2v) is 8.52. The molecule has 176 valence electrons. The molecule has 0 amide bonds. The van der Waals surface area contributed by atoms with Crippen LogP contribution < -0.4 is 14.2 Å². The highest BCUT2D eigenvalue weighted by Gasteiger charge is 2.20. The molecule has 4 aromatic rings. The molecule has 0 saturated heterocycles. The van der Waals surface area contributed by atoms with Gasteiger partial charge < -0.3 is 18.9 Å². The Morgan fingerprint density at radius 1 is 0.941 bits per heavy atom. The fourth-order valence-corrected chi connectivity index (χ4v) is 3.48. The van der Waals surface area contributed by atoms with E-state index < -0.39 is 17.5 Å². The number of hydrogen-bond donors (Lipinski definition) is 0. The molecule has 0 aliphatic heterocycles.